The van der Waals surface area contributed by atoms with Gasteiger partial charge in [-0.2, -0.15) is 0 Å². The van der Waals surface area contributed by atoms with Gasteiger partial charge in [-0.1, -0.05) is 22.9 Å². The smallest absolute Gasteiger partial charge is 0.147 e. The minimum Gasteiger partial charge on any atom is -0.390 e. The quantitative estimate of drug-likeness (QED) is 0.668. The fraction of sp³-hybridized carbons (Fsp3) is 0.952. The monoisotopic (exact) mass is 396 g/mol. The van der Waals surface area contributed by atoms with Crippen LogP contribution in [0.2, 0.25) is 0 Å². The third kappa shape index (κ3) is 2.64. The molecular formula is C21H33BrO2. The van der Waals surface area contributed by atoms with Crippen LogP contribution < -0.4 is 0 Å². The number of hydrogen-bond acceptors (Lipinski definition) is 2. The fourth-order valence-electron chi connectivity index (χ4n) is 7.70. The maximum absolute atomic E-state index is 12.5. The van der Waals surface area contributed by atoms with Gasteiger partial charge in [0.1, 0.15) is 5.78 Å². The molecule has 0 saturated heterocycles. The highest BCUT2D eigenvalue weighted by Gasteiger charge is 2.58. The molecule has 136 valence electrons. The van der Waals surface area contributed by atoms with Crippen molar-refractivity contribution in [3.63, 3.8) is 0 Å². The largest absolute Gasteiger partial charge is 0.390 e. The lowest BCUT2D eigenvalue weighted by Gasteiger charge is -2.56. The standard InChI is InChI=1S/C21H33BrO2/c1-20(24)9-7-14-13(11-20)3-4-16-15(14)8-10-21(2)17(16)5-6-18(21)19(23)12-22/h13-18,24H,3-12H2,1-2H3/t13-,14-,15?,16+,17-,18+,20+,21-/m0/s1. The lowest BCUT2D eigenvalue weighted by Crippen LogP contribution is -2.51. The van der Waals surface area contributed by atoms with E-state index in [2.05, 4.69) is 22.9 Å². The van der Waals surface area contributed by atoms with E-state index in [0.717, 1.165) is 48.9 Å². The van der Waals surface area contributed by atoms with Crippen LogP contribution in [0, 0.1) is 40.9 Å². The van der Waals surface area contributed by atoms with Crippen LogP contribution in [-0.4, -0.2) is 21.8 Å². The van der Waals surface area contributed by atoms with Crippen molar-refractivity contribution in [2.24, 2.45) is 40.9 Å². The number of halogens is 1. The van der Waals surface area contributed by atoms with Crippen LogP contribution in [-0.2, 0) is 4.79 Å². The van der Waals surface area contributed by atoms with Gasteiger partial charge >= 0.3 is 0 Å². The first-order valence-corrected chi connectivity index (χ1v) is 11.3. The Morgan fingerprint density at radius 1 is 1.00 bits per heavy atom. The van der Waals surface area contributed by atoms with Crippen LogP contribution in [0.5, 0.6) is 0 Å². The van der Waals surface area contributed by atoms with Crippen LogP contribution in [0.4, 0.5) is 0 Å². The summed E-state index contributed by atoms with van der Waals surface area (Å²) in [7, 11) is 0. The SMILES string of the molecule is C[C@@]1(O)CC[C@@H]2C3CC[C@]4(C)[C@@H](C(=O)CBr)CC[C@H]4[C@@H]3CC[C@H]2C1. The Kier molecular flexibility index (Phi) is 4.44. The Balaban J connectivity index is 1.54. The molecular weight excluding hydrogens is 364 g/mol. The first-order valence-electron chi connectivity index (χ1n) is 10.2. The highest BCUT2D eigenvalue weighted by Crippen LogP contribution is 2.64. The average Bonchev–Trinajstić information content (AvgIpc) is 2.90. The van der Waals surface area contributed by atoms with Crippen molar-refractivity contribution in [2.45, 2.75) is 77.2 Å². The molecule has 0 spiro atoms. The van der Waals surface area contributed by atoms with Crippen LogP contribution in [0.15, 0.2) is 0 Å². The Bertz CT molecular complexity index is 516. The first kappa shape index (κ1) is 17.5. The summed E-state index contributed by atoms with van der Waals surface area (Å²) in [6.07, 6.45) is 10.9. The van der Waals surface area contributed by atoms with Gasteiger partial charge in [0.15, 0.2) is 0 Å². The molecule has 1 N–H and O–H groups in total. The molecule has 0 radical (unpaired) electrons. The Morgan fingerprint density at radius 2 is 1.75 bits per heavy atom. The second-order valence-electron chi connectivity index (χ2n) is 9.95. The van der Waals surface area contributed by atoms with Crippen LogP contribution in [0.1, 0.15) is 71.6 Å². The third-order valence-corrected chi connectivity index (χ3v) is 9.31. The summed E-state index contributed by atoms with van der Waals surface area (Å²) < 4.78 is 0. The number of aliphatic hydroxyl groups is 1. The van der Waals surface area contributed by atoms with Crippen molar-refractivity contribution < 1.29 is 9.90 Å². The van der Waals surface area contributed by atoms with Gasteiger partial charge in [0.25, 0.3) is 0 Å². The molecule has 0 bridgehead atoms. The third-order valence-electron chi connectivity index (χ3n) is 8.76. The number of Topliss-reactive ketones (excluding diaryl/α,β-unsaturated/α-hetero) is 1. The van der Waals surface area contributed by atoms with Crippen LogP contribution in [0.25, 0.3) is 0 Å². The zero-order valence-corrected chi connectivity index (χ0v) is 16.9. The average molecular weight is 397 g/mol. The van der Waals surface area contributed by atoms with Gasteiger partial charge < -0.3 is 5.11 Å². The molecule has 0 aromatic carbocycles. The number of hydrogen-bond donors (Lipinski definition) is 1. The molecule has 4 aliphatic carbocycles. The van der Waals surface area contributed by atoms with E-state index >= 15 is 0 Å². The highest BCUT2D eigenvalue weighted by molar-refractivity contribution is 9.09. The molecule has 4 rings (SSSR count). The molecule has 0 aromatic heterocycles. The van der Waals surface area contributed by atoms with E-state index in [4.69, 9.17) is 0 Å². The maximum atomic E-state index is 12.5. The van der Waals surface area contributed by atoms with Crippen molar-refractivity contribution in [3.8, 4) is 0 Å². The Hall–Kier alpha value is 0.110. The van der Waals surface area contributed by atoms with Gasteiger partial charge in [-0.05, 0) is 99.7 Å². The van der Waals surface area contributed by atoms with Crippen molar-refractivity contribution in [1.82, 2.24) is 0 Å². The maximum Gasteiger partial charge on any atom is 0.147 e. The molecule has 4 saturated carbocycles. The normalized spacial score (nSPS) is 53.8. The summed E-state index contributed by atoms with van der Waals surface area (Å²) in [5.74, 6) is 4.83. The zero-order chi connectivity index (χ0) is 17.1. The molecule has 0 amide bonds. The summed E-state index contributed by atoms with van der Waals surface area (Å²) in [6.45, 7) is 4.48. The van der Waals surface area contributed by atoms with E-state index < -0.39 is 5.60 Å². The predicted octanol–water partition coefficient (Wildman–Crippen LogP) is 4.97. The first-order chi connectivity index (χ1) is 11.4. The van der Waals surface area contributed by atoms with Crippen molar-refractivity contribution in [1.29, 1.82) is 0 Å². The molecule has 2 nitrogen and oxygen atoms in total. The van der Waals surface area contributed by atoms with Crippen molar-refractivity contribution >= 4 is 21.7 Å². The van der Waals surface area contributed by atoms with Gasteiger partial charge in [0, 0.05) is 5.92 Å². The minimum absolute atomic E-state index is 0.263. The number of rotatable bonds is 2. The second kappa shape index (κ2) is 6.08. The van der Waals surface area contributed by atoms with E-state index in [1.54, 1.807) is 0 Å². The van der Waals surface area contributed by atoms with Gasteiger partial charge in [-0.3, -0.25) is 4.79 Å². The summed E-state index contributed by atoms with van der Waals surface area (Å²) in [5.41, 5.74) is -0.156. The number of fused-ring (bicyclic) bond motifs is 5. The van der Waals surface area contributed by atoms with Gasteiger partial charge in [-0.25, -0.2) is 0 Å². The lowest BCUT2D eigenvalue weighted by molar-refractivity contribution is -0.129. The van der Waals surface area contributed by atoms with E-state index in [1.807, 2.05) is 6.92 Å². The lowest BCUT2D eigenvalue weighted by atomic mass is 9.49. The molecule has 4 aliphatic rings. The number of ketones is 1. The molecule has 0 aliphatic heterocycles. The zero-order valence-electron chi connectivity index (χ0n) is 15.3. The van der Waals surface area contributed by atoms with E-state index in [9.17, 15) is 9.90 Å². The predicted molar refractivity (Wildman–Crippen MR) is 100 cm³/mol. The molecule has 0 aromatic rings. The summed E-state index contributed by atoms with van der Waals surface area (Å²) in [5, 5.41) is 11.0. The number of carbonyl (C=O) groups excluding carboxylic acids is 1. The number of carbonyl (C=O) groups is 1. The fourth-order valence-corrected chi connectivity index (χ4v) is 8.09. The molecule has 4 fully saturated rings. The number of alkyl halides is 1. The molecule has 24 heavy (non-hydrogen) atoms. The Labute approximate surface area is 155 Å². The van der Waals surface area contributed by atoms with E-state index in [-0.39, 0.29) is 5.41 Å². The van der Waals surface area contributed by atoms with Crippen LogP contribution in [0.3, 0.4) is 0 Å². The van der Waals surface area contributed by atoms with Crippen molar-refractivity contribution in [3.05, 3.63) is 0 Å². The van der Waals surface area contributed by atoms with Crippen LogP contribution >= 0.6 is 15.9 Å². The molecule has 3 heteroatoms. The van der Waals surface area contributed by atoms with Gasteiger partial charge in [0.05, 0.1) is 10.9 Å². The van der Waals surface area contributed by atoms with E-state index in [1.165, 1.54) is 38.5 Å². The molecule has 1 unspecified atom stereocenters. The summed E-state index contributed by atoms with van der Waals surface area (Å²) in [6, 6.07) is 0. The summed E-state index contributed by atoms with van der Waals surface area (Å²) >= 11 is 3.42. The molecule has 8 atom stereocenters. The van der Waals surface area contributed by atoms with Gasteiger partial charge in [-0.15, -0.1) is 0 Å². The van der Waals surface area contributed by atoms with E-state index in [0.29, 0.717) is 17.0 Å². The van der Waals surface area contributed by atoms with Crippen molar-refractivity contribution in [2.75, 3.05) is 5.33 Å². The topological polar surface area (TPSA) is 37.3 Å². The summed E-state index contributed by atoms with van der Waals surface area (Å²) in [4.78, 5) is 12.5. The highest BCUT2D eigenvalue weighted by atomic mass is 79.9. The molecule has 0 heterocycles. The second-order valence-corrected chi connectivity index (χ2v) is 10.5. The Morgan fingerprint density at radius 3 is 2.50 bits per heavy atom. The minimum atomic E-state index is -0.419. The van der Waals surface area contributed by atoms with Gasteiger partial charge in [0.2, 0.25) is 0 Å².